The summed E-state index contributed by atoms with van der Waals surface area (Å²) in [6.07, 6.45) is 1.53. The summed E-state index contributed by atoms with van der Waals surface area (Å²) in [6.45, 7) is 2.39. The molecule has 0 aliphatic rings. The molecule has 0 radical (unpaired) electrons. The van der Waals surface area contributed by atoms with Crippen LogP contribution in [0.25, 0.3) is 0 Å². The first-order chi connectivity index (χ1) is 8.54. The van der Waals surface area contributed by atoms with Crippen molar-refractivity contribution in [2.24, 2.45) is 0 Å². The number of nitrogens with two attached hydrogens (primary N) is 1. The van der Waals surface area contributed by atoms with Crippen LogP contribution < -0.4 is 5.73 Å². The Hall–Kier alpha value is -1.31. The van der Waals surface area contributed by atoms with Crippen molar-refractivity contribution in [3.8, 4) is 0 Å². The van der Waals surface area contributed by atoms with Gasteiger partial charge in [0.25, 0.3) is 10.0 Å². The van der Waals surface area contributed by atoms with Crippen LogP contribution >= 0.6 is 11.3 Å². The van der Waals surface area contributed by atoms with Crippen LogP contribution in [0.1, 0.15) is 12.7 Å². The fourth-order valence-electron chi connectivity index (χ4n) is 1.54. The second kappa shape index (κ2) is 5.13. The summed E-state index contributed by atoms with van der Waals surface area (Å²) in [6, 6.07) is 4.96. The highest BCUT2D eigenvalue weighted by Gasteiger charge is 2.25. The van der Waals surface area contributed by atoms with E-state index in [-0.39, 0.29) is 10.8 Å². The number of nitrogen functional groups attached to an aromatic ring is 1. The molecule has 0 aliphatic heterocycles. The summed E-state index contributed by atoms with van der Waals surface area (Å²) in [5, 5.41) is 1.62. The standard InChI is InChI=1S/C11H14N2O3S2/c1-2-13(7-10-4-3-5-16-10)18(14,15)11-6-9(12)8-17-11/h3-6,8H,2,7,12H2,1H3. The Bertz CT molecular complexity index is 602. The Morgan fingerprint density at radius 3 is 2.78 bits per heavy atom. The molecule has 0 bridgehead atoms. The molecule has 0 unspecified atom stereocenters. The number of hydrogen-bond donors (Lipinski definition) is 1. The van der Waals surface area contributed by atoms with E-state index in [0.29, 0.717) is 18.0 Å². The van der Waals surface area contributed by atoms with Gasteiger partial charge in [0.05, 0.1) is 12.8 Å². The summed E-state index contributed by atoms with van der Waals surface area (Å²) in [4.78, 5) is 0. The second-order valence-corrected chi connectivity index (χ2v) is 6.79. The highest BCUT2D eigenvalue weighted by molar-refractivity contribution is 7.91. The molecule has 2 N–H and O–H groups in total. The van der Waals surface area contributed by atoms with Gasteiger partial charge in [-0.3, -0.25) is 0 Å². The van der Waals surface area contributed by atoms with Crippen molar-refractivity contribution in [3.05, 3.63) is 35.6 Å². The highest BCUT2D eigenvalue weighted by Crippen LogP contribution is 2.26. The van der Waals surface area contributed by atoms with Gasteiger partial charge in [0.15, 0.2) is 0 Å². The third kappa shape index (κ3) is 2.58. The van der Waals surface area contributed by atoms with Gasteiger partial charge in [0.2, 0.25) is 0 Å². The van der Waals surface area contributed by atoms with Crippen molar-refractivity contribution >= 4 is 27.0 Å². The zero-order chi connectivity index (χ0) is 13.2. The molecule has 2 aromatic heterocycles. The monoisotopic (exact) mass is 286 g/mol. The summed E-state index contributed by atoms with van der Waals surface area (Å²) < 4.78 is 31.5. The Kier molecular flexibility index (Phi) is 3.74. The lowest BCUT2D eigenvalue weighted by atomic mass is 10.4. The van der Waals surface area contributed by atoms with E-state index >= 15 is 0 Å². The molecule has 0 saturated carbocycles. The van der Waals surface area contributed by atoms with Crippen molar-refractivity contribution in [2.75, 3.05) is 12.3 Å². The van der Waals surface area contributed by atoms with Crippen LogP contribution in [0, 0.1) is 0 Å². The second-order valence-electron chi connectivity index (χ2n) is 3.71. The number of rotatable bonds is 5. The maximum Gasteiger partial charge on any atom is 0.253 e. The fourth-order valence-corrected chi connectivity index (χ4v) is 4.18. The first-order valence-electron chi connectivity index (χ1n) is 5.40. The van der Waals surface area contributed by atoms with Crippen LogP contribution in [0.15, 0.2) is 38.5 Å². The van der Waals surface area contributed by atoms with Crippen LogP contribution in [0.4, 0.5) is 5.69 Å². The highest BCUT2D eigenvalue weighted by atomic mass is 32.2. The van der Waals surface area contributed by atoms with Crippen molar-refractivity contribution in [1.82, 2.24) is 4.31 Å². The first kappa shape index (κ1) is 13.1. The van der Waals surface area contributed by atoms with Crippen LogP contribution in [0.2, 0.25) is 0 Å². The van der Waals surface area contributed by atoms with Gasteiger partial charge in [-0.05, 0) is 18.2 Å². The lowest BCUT2D eigenvalue weighted by Gasteiger charge is -2.18. The van der Waals surface area contributed by atoms with Crippen molar-refractivity contribution in [3.63, 3.8) is 0 Å². The molecule has 5 nitrogen and oxygen atoms in total. The number of sulfonamides is 1. The number of furan rings is 1. The lowest BCUT2D eigenvalue weighted by molar-refractivity contribution is 0.376. The minimum Gasteiger partial charge on any atom is -0.468 e. The fraction of sp³-hybridized carbons (Fsp3) is 0.273. The predicted molar refractivity (Wildman–Crippen MR) is 70.7 cm³/mol. The maximum atomic E-state index is 12.3. The van der Waals surface area contributed by atoms with Gasteiger partial charge in [0.1, 0.15) is 9.97 Å². The summed E-state index contributed by atoms with van der Waals surface area (Å²) in [5.74, 6) is 0.616. The summed E-state index contributed by atoms with van der Waals surface area (Å²) >= 11 is 1.13. The molecule has 98 valence electrons. The van der Waals surface area contributed by atoms with Gasteiger partial charge in [0, 0.05) is 17.6 Å². The molecular weight excluding hydrogens is 272 g/mol. The van der Waals surface area contributed by atoms with Gasteiger partial charge in [-0.2, -0.15) is 4.31 Å². The molecule has 18 heavy (non-hydrogen) atoms. The number of hydrogen-bond acceptors (Lipinski definition) is 5. The zero-order valence-electron chi connectivity index (χ0n) is 9.87. The Labute approximate surface area is 110 Å². The van der Waals surface area contributed by atoms with Gasteiger partial charge in [-0.25, -0.2) is 8.42 Å². The molecule has 0 atom stereocenters. The van der Waals surface area contributed by atoms with Gasteiger partial charge in [-0.1, -0.05) is 6.92 Å². The largest absolute Gasteiger partial charge is 0.468 e. The molecule has 2 rings (SSSR count). The van der Waals surface area contributed by atoms with E-state index in [2.05, 4.69) is 0 Å². The van der Waals surface area contributed by atoms with E-state index in [1.807, 2.05) is 0 Å². The third-order valence-electron chi connectivity index (χ3n) is 2.45. The maximum absolute atomic E-state index is 12.3. The van der Waals surface area contributed by atoms with E-state index in [9.17, 15) is 8.42 Å². The molecule has 0 amide bonds. The Balaban J connectivity index is 2.26. The van der Waals surface area contributed by atoms with Crippen LogP contribution in [-0.2, 0) is 16.6 Å². The molecular formula is C11H14N2O3S2. The predicted octanol–water partition coefficient (Wildman–Crippen LogP) is 2.13. The van der Waals surface area contributed by atoms with Crippen LogP contribution in [0.5, 0.6) is 0 Å². The van der Waals surface area contributed by atoms with Crippen molar-refractivity contribution < 1.29 is 12.8 Å². The quantitative estimate of drug-likeness (QED) is 0.913. The van der Waals surface area contributed by atoms with Gasteiger partial charge in [-0.15, -0.1) is 11.3 Å². The van der Waals surface area contributed by atoms with E-state index < -0.39 is 10.0 Å². The minimum absolute atomic E-state index is 0.226. The molecule has 0 aliphatic carbocycles. The van der Waals surface area contributed by atoms with Crippen molar-refractivity contribution in [2.45, 2.75) is 17.7 Å². The number of anilines is 1. The average Bonchev–Trinajstić information content (AvgIpc) is 2.96. The van der Waals surface area contributed by atoms with Crippen molar-refractivity contribution in [1.29, 1.82) is 0 Å². The average molecular weight is 286 g/mol. The molecule has 0 spiro atoms. The zero-order valence-corrected chi connectivity index (χ0v) is 11.5. The van der Waals surface area contributed by atoms with E-state index in [4.69, 9.17) is 10.2 Å². The van der Waals surface area contributed by atoms with E-state index in [1.165, 1.54) is 16.6 Å². The lowest BCUT2D eigenvalue weighted by Crippen LogP contribution is -2.29. The number of nitrogens with zero attached hydrogens (tertiary/aromatic N) is 1. The van der Waals surface area contributed by atoms with E-state index in [1.54, 1.807) is 24.4 Å². The van der Waals surface area contributed by atoms with E-state index in [0.717, 1.165) is 11.3 Å². The van der Waals surface area contributed by atoms with Crippen LogP contribution in [0.3, 0.4) is 0 Å². The Morgan fingerprint density at radius 1 is 1.50 bits per heavy atom. The number of thiophene rings is 1. The molecule has 0 fully saturated rings. The topological polar surface area (TPSA) is 76.5 Å². The normalized spacial score (nSPS) is 12.1. The van der Waals surface area contributed by atoms with Gasteiger partial charge >= 0.3 is 0 Å². The first-order valence-corrected chi connectivity index (χ1v) is 7.72. The molecule has 2 heterocycles. The molecule has 0 saturated heterocycles. The minimum atomic E-state index is -3.49. The smallest absolute Gasteiger partial charge is 0.253 e. The van der Waals surface area contributed by atoms with Gasteiger partial charge < -0.3 is 10.2 Å². The SMILES string of the molecule is CCN(Cc1ccco1)S(=O)(=O)c1cc(N)cs1. The molecule has 7 heteroatoms. The molecule has 0 aromatic carbocycles. The third-order valence-corrected chi connectivity index (χ3v) is 5.81. The summed E-state index contributed by atoms with van der Waals surface area (Å²) in [7, 11) is -3.49. The Morgan fingerprint density at radius 2 is 2.28 bits per heavy atom. The van der Waals surface area contributed by atoms with Crippen LogP contribution in [-0.4, -0.2) is 19.3 Å². The summed E-state index contributed by atoms with van der Waals surface area (Å²) in [5.41, 5.74) is 6.03. The molecule has 2 aromatic rings.